The number of aryl methyl sites for hydroxylation is 1. The lowest BCUT2D eigenvalue weighted by molar-refractivity contribution is 0.515. The van der Waals surface area contributed by atoms with Crippen LogP contribution < -0.4 is 5.32 Å². The van der Waals surface area contributed by atoms with Crippen LogP contribution in [-0.4, -0.2) is 13.1 Å². The zero-order valence-electron chi connectivity index (χ0n) is 8.62. The van der Waals surface area contributed by atoms with Crippen LogP contribution in [0.4, 0.5) is 0 Å². The maximum atomic E-state index is 5.28. The van der Waals surface area contributed by atoms with Crippen molar-refractivity contribution in [2.45, 2.75) is 31.7 Å². The monoisotopic (exact) mass is 207 g/mol. The quantitative estimate of drug-likeness (QED) is 0.707. The third kappa shape index (κ3) is 3.95. The second-order valence-electron chi connectivity index (χ2n) is 3.37. The number of thiophene rings is 1. The first-order valence-corrected chi connectivity index (χ1v) is 5.88. The van der Waals surface area contributed by atoms with Crippen molar-refractivity contribution in [3.63, 3.8) is 0 Å². The molecule has 0 aliphatic carbocycles. The second-order valence-corrected chi connectivity index (χ2v) is 4.40. The van der Waals surface area contributed by atoms with Crippen LogP contribution in [0.15, 0.2) is 17.5 Å². The molecule has 1 unspecified atom stereocenters. The van der Waals surface area contributed by atoms with Crippen LogP contribution in [0, 0.1) is 12.3 Å². The molecule has 0 fully saturated rings. The molecule has 0 aliphatic rings. The molecule has 1 aromatic rings. The molecule has 0 aliphatic heterocycles. The van der Waals surface area contributed by atoms with Gasteiger partial charge in [-0.05, 0) is 37.8 Å². The second kappa shape index (κ2) is 6.64. The first kappa shape index (κ1) is 11.3. The van der Waals surface area contributed by atoms with Gasteiger partial charge in [0.2, 0.25) is 0 Å². The van der Waals surface area contributed by atoms with E-state index >= 15 is 0 Å². The number of hydrogen-bond acceptors (Lipinski definition) is 2. The molecule has 1 atom stereocenters. The largest absolute Gasteiger partial charge is 0.316 e. The van der Waals surface area contributed by atoms with E-state index in [0.29, 0.717) is 6.04 Å². The lowest BCUT2D eigenvalue weighted by atomic mass is 10.1. The molecule has 1 rings (SSSR count). The molecule has 0 radical (unpaired) electrons. The van der Waals surface area contributed by atoms with Crippen LogP contribution in [0.25, 0.3) is 0 Å². The minimum Gasteiger partial charge on any atom is -0.316 e. The zero-order chi connectivity index (χ0) is 10.2. The van der Waals surface area contributed by atoms with E-state index < -0.39 is 0 Å². The standard InChI is InChI=1S/C12H17NS/c1-3-6-11(13-2)7-4-8-12-9-5-10-14-12/h1,5,9-11,13H,4,6-8H2,2H3. The van der Waals surface area contributed by atoms with Crippen LogP contribution in [-0.2, 0) is 6.42 Å². The lowest BCUT2D eigenvalue weighted by Crippen LogP contribution is -2.24. The van der Waals surface area contributed by atoms with Crippen molar-refractivity contribution in [2.24, 2.45) is 0 Å². The highest BCUT2D eigenvalue weighted by atomic mass is 32.1. The average molecular weight is 207 g/mol. The highest BCUT2D eigenvalue weighted by Gasteiger charge is 2.03. The Morgan fingerprint density at radius 3 is 3.07 bits per heavy atom. The van der Waals surface area contributed by atoms with Crippen molar-refractivity contribution in [3.8, 4) is 12.3 Å². The van der Waals surface area contributed by atoms with Crippen LogP contribution in [0.2, 0.25) is 0 Å². The topological polar surface area (TPSA) is 12.0 Å². The first-order valence-electron chi connectivity index (χ1n) is 5.00. The highest BCUT2D eigenvalue weighted by molar-refractivity contribution is 7.09. The van der Waals surface area contributed by atoms with Gasteiger partial charge in [-0.2, -0.15) is 0 Å². The number of terminal acetylenes is 1. The van der Waals surface area contributed by atoms with Gasteiger partial charge in [0.1, 0.15) is 0 Å². The summed E-state index contributed by atoms with van der Waals surface area (Å²) >= 11 is 1.83. The predicted molar refractivity (Wildman–Crippen MR) is 63.6 cm³/mol. The lowest BCUT2D eigenvalue weighted by Gasteiger charge is -2.11. The van der Waals surface area contributed by atoms with Crippen LogP contribution in [0.3, 0.4) is 0 Å². The maximum absolute atomic E-state index is 5.28. The summed E-state index contributed by atoms with van der Waals surface area (Å²) in [5.41, 5.74) is 0. The van der Waals surface area contributed by atoms with Gasteiger partial charge >= 0.3 is 0 Å². The summed E-state index contributed by atoms with van der Waals surface area (Å²) in [7, 11) is 1.98. The molecule has 0 spiro atoms. The summed E-state index contributed by atoms with van der Waals surface area (Å²) in [6, 6.07) is 4.79. The van der Waals surface area contributed by atoms with Gasteiger partial charge in [0.05, 0.1) is 0 Å². The van der Waals surface area contributed by atoms with Gasteiger partial charge in [0.25, 0.3) is 0 Å². The maximum Gasteiger partial charge on any atom is 0.0240 e. The number of rotatable bonds is 6. The van der Waals surface area contributed by atoms with Crippen molar-refractivity contribution in [1.29, 1.82) is 0 Å². The molecule has 1 aromatic heterocycles. The Balaban J connectivity index is 2.17. The number of nitrogens with one attached hydrogen (secondary N) is 1. The number of hydrogen-bond donors (Lipinski definition) is 1. The van der Waals surface area contributed by atoms with Gasteiger partial charge in [0, 0.05) is 17.3 Å². The molecular weight excluding hydrogens is 190 g/mol. The van der Waals surface area contributed by atoms with Gasteiger partial charge in [0.15, 0.2) is 0 Å². The fraction of sp³-hybridized carbons (Fsp3) is 0.500. The Bertz CT molecular complexity index is 271. The SMILES string of the molecule is C#CCC(CCCc1cccs1)NC. The van der Waals surface area contributed by atoms with E-state index in [1.807, 2.05) is 18.4 Å². The van der Waals surface area contributed by atoms with Crippen LogP contribution >= 0.6 is 11.3 Å². The van der Waals surface area contributed by atoms with E-state index in [1.165, 1.54) is 24.1 Å². The minimum absolute atomic E-state index is 0.486. The van der Waals surface area contributed by atoms with E-state index in [1.54, 1.807) is 0 Å². The fourth-order valence-corrected chi connectivity index (χ4v) is 2.22. The molecule has 1 nitrogen and oxygen atoms in total. The van der Waals surface area contributed by atoms with Gasteiger partial charge in [-0.25, -0.2) is 0 Å². The fourth-order valence-electron chi connectivity index (χ4n) is 1.47. The molecule has 0 bridgehead atoms. The van der Waals surface area contributed by atoms with E-state index in [4.69, 9.17) is 6.42 Å². The summed E-state index contributed by atoms with van der Waals surface area (Å²) in [6.45, 7) is 0. The summed E-state index contributed by atoms with van der Waals surface area (Å²) in [4.78, 5) is 1.47. The van der Waals surface area contributed by atoms with E-state index in [9.17, 15) is 0 Å². The average Bonchev–Trinajstić information content (AvgIpc) is 2.69. The smallest absolute Gasteiger partial charge is 0.0240 e. The molecule has 1 N–H and O–H groups in total. The van der Waals surface area contributed by atoms with Gasteiger partial charge in [-0.3, -0.25) is 0 Å². The normalized spacial score (nSPS) is 12.3. The minimum atomic E-state index is 0.486. The first-order chi connectivity index (χ1) is 6.86. The molecular formula is C12H17NS. The summed E-state index contributed by atoms with van der Waals surface area (Å²) in [5.74, 6) is 2.70. The molecule has 14 heavy (non-hydrogen) atoms. The molecule has 0 aromatic carbocycles. The third-order valence-corrected chi connectivity index (χ3v) is 3.26. The van der Waals surface area contributed by atoms with Crippen molar-refractivity contribution < 1.29 is 0 Å². The van der Waals surface area contributed by atoms with Crippen molar-refractivity contribution in [1.82, 2.24) is 5.32 Å². The Morgan fingerprint density at radius 2 is 2.50 bits per heavy atom. The summed E-state index contributed by atoms with van der Waals surface area (Å²) in [6.07, 6.45) is 9.68. The van der Waals surface area contributed by atoms with Gasteiger partial charge in [-0.15, -0.1) is 23.7 Å². The molecule has 0 saturated carbocycles. The van der Waals surface area contributed by atoms with Crippen molar-refractivity contribution in [2.75, 3.05) is 7.05 Å². The molecule has 0 saturated heterocycles. The van der Waals surface area contributed by atoms with Crippen LogP contribution in [0.1, 0.15) is 24.1 Å². The summed E-state index contributed by atoms with van der Waals surface area (Å²) < 4.78 is 0. The molecule has 2 heteroatoms. The highest BCUT2D eigenvalue weighted by Crippen LogP contribution is 2.13. The van der Waals surface area contributed by atoms with E-state index in [0.717, 1.165) is 6.42 Å². The molecule has 76 valence electrons. The molecule has 0 amide bonds. The van der Waals surface area contributed by atoms with Gasteiger partial charge < -0.3 is 5.32 Å². The van der Waals surface area contributed by atoms with E-state index in [-0.39, 0.29) is 0 Å². The van der Waals surface area contributed by atoms with Crippen LogP contribution in [0.5, 0.6) is 0 Å². The summed E-state index contributed by atoms with van der Waals surface area (Å²) in [5, 5.41) is 5.38. The van der Waals surface area contributed by atoms with E-state index in [2.05, 4.69) is 28.8 Å². The Morgan fingerprint density at radius 1 is 1.64 bits per heavy atom. The third-order valence-electron chi connectivity index (χ3n) is 2.33. The van der Waals surface area contributed by atoms with Crippen molar-refractivity contribution in [3.05, 3.63) is 22.4 Å². The Labute approximate surface area is 90.5 Å². The predicted octanol–water partition coefficient (Wildman–Crippen LogP) is 2.68. The van der Waals surface area contributed by atoms with Crippen molar-refractivity contribution >= 4 is 11.3 Å². The zero-order valence-corrected chi connectivity index (χ0v) is 9.44. The van der Waals surface area contributed by atoms with Gasteiger partial charge in [-0.1, -0.05) is 6.07 Å². The Hall–Kier alpha value is -0.780. The Kier molecular flexibility index (Phi) is 5.36. The molecule has 1 heterocycles.